The van der Waals surface area contributed by atoms with Gasteiger partial charge in [-0.25, -0.2) is 18.6 Å². The van der Waals surface area contributed by atoms with Crippen LogP contribution in [0.2, 0.25) is 0 Å². The zero-order valence-corrected chi connectivity index (χ0v) is 19.7. The van der Waals surface area contributed by atoms with Gasteiger partial charge in [-0.1, -0.05) is 36.4 Å². The molecule has 0 fully saturated rings. The van der Waals surface area contributed by atoms with Crippen molar-refractivity contribution in [2.24, 2.45) is 5.10 Å². The summed E-state index contributed by atoms with van der Waals surface area (Å²) in [5.74, 6) is -1.29. The predicted molar refractivity (Wildman–Crippen MR) is 130 cm³/mol. The molecule has 0 radical (unpaired) electrons. The van der Waals surface area contributed by atoms with Crippen LogP contribution in [-0.2, 0) is 14.8 Å². The number of anilines is 1. The molecule has 0 saturated heterocycles. The normalized spacial score (nSPS) is 11.1. The number of aromatic carboxylic acids is 1. The van der Waals surface area contributed by atoms with Gasteiger partial charge in [0.05, 0.1) is 36.6 Å². The average Bonchev–Trinajstić information content (AvgIpc) is 2.87. The maximum absolute atomic E-state index is 13.5. The Hall–Kier alpha value is -4.38. The van der Waals surface area contributed by atoms with Crippen molar-refractivity contribution in [1.82, 2.24) is 5.43 Å². The maximum Gasteiger partial charge on any atom is 0.336 e. The van der Waals surface area contributed by atoms with E-state index in [1.165, 1.54) is 56.8 Å². The molecule has 0 spiro atoms. The van der Waals surface area contributed by atoms with Crippen molar-refractivity contribution in [3.8, 4) is 11.5 Å². The third kappa shape index (κ3) is 5.95. The van der Waals surface area contributed by atoms with E-state index in [1.54, 1.807) is 36.4 Å². The number of hydrogen-bond acceptors (Lipinski definition) is 7. The summed E-state index contributed by atoms with van der Waals surface area (Å²) in [7, 11) is -1.34. The molecular weight excluding hydrogens is 474 g/mol. The summed E-state index contributed by atoms with van der Waals surface area (Å²) in [5.41, 5.74) is 2.64. The Morgan fingerprint density at radius 1 is 1.00 bits per heavy atom. The lowest BCUT2D eigenvalue weighted by atomic mass is 10.1. The largest absolute Gasteiger partial charge is 0.497 e. The van der Waals surface area contributed by atoms with Gasteiger partial charge < -0.3 is 14.6 Å². The SMILES string of the molecule is COc1ccc(N(CC(=O)N/N=C\c2ccccc2C(=O)O)S(=O)(=O)c2ccccc2)c(OC)c1. The zero-order chi connectivity index (χ0) is 25.4. The molecule has 182 valence electrons. The fraction of sp³-hybridized carbons (Fsp3) is 0.125. The Morgan fingerprint density at radius 2 is 1.69 bits per heavy atom. The molecule has 0 unspecified atom stereocenters. The van der Waals surface area contributed by atoms with Crippen LogP contribution in [0.5, 0.6) is 11.5 Å². The summed E-state index contributed by atoms with van der Waals surface area (Å²) >= 11 is 0. The van der Waals surface area contributed by atoms with E-state index in [9.17, 15) is 23.1 Å². The second-order valence-corrected chi connectivity index (χ2v) is 8.91. The monoisotopic (exact) mass is 497 g/mol. The van der Waals surface area contributed by atoms with E-state index in [2.05, 4.69) is 10.5 Å². The van der Waals surface area contributed by atoms with Gasteiger partial charge in [0.2, 0.25) is 0 Å². The summed E-state index contributed by atoms with van der Waals surface area (Å²) in [6.45, 7) is -0.627. The molecule has 3 aromatic rings. The first-order valence-electron chi connectivity index (χ1n) is 10.2. The Bertz CT molecular complexity index is 1340. The molecule has 0 saturated carbocycles. The van der Waals surface area contributed by atoms with Gasteiger partial charge in [-0.3, -0.25) is 9.10 Å². The molecule has 0 aliphatic rings. The van der Waals surface area contributed by atoms with Gasteiger partial charge >= 0.3 is 5.97 Å². The number of rotatable bonds is 10. The fourth-order valence-electron chi connectivity index (χ4n) is 3.15. The lowest BCUT2D eigenvalue weighted by Crippen LogP contribution is -2.39. The van der Waals surface area contributed by atoms with E-state index >= 15 is 0 Å². The number of ether oxygens (including phenoxy) is 2. The molecule has 0 aliphatic carbocycles. The minimum atomic E-state index is -4.17. The molecule has 0 atom stereocenters. The number of carbonyl (C=O) groups excluding carboxylic acids is 1. The molecule has 1 amide bonds. The highest BCUT2D eigenvalue weighted by Crippen LogP contribution is 2.35. The Kier molecular flexibility index (Phi) is 8.05. The molecular formula is C24H23N3O7S. The van der Waals surface area contributed by atoms with Crippen LogP contribution in [0.3, 0.4) is 0 Å². The topological polar surface area (TPSA) is 135 Å². The number of sulfonamides is 1. The Morgan fingerprint density at radius 3 is 2.34 bits per heavy atom. The highest BCUT2D eigenvalue weighted by atomic mass is 32.2. The number of hydrogen-bond donors (Lipinski definition) is 2. The first-order valence-corrected chi connectivity index (χ1v) is 11.7. The number of amides is 1. The summed E-state index contributed by atoms with van der Waals surface area (Å²) in [6.07, 6.45) is 1.17. The van der Waals surface area contributed by atoms with Crippen LogP contribution in [0.15, 0.2) is 82.8 Å². The number of nitrogens with zero attached hydrogens (tertiary/aromatic N) is 2. The van der Waals surface area contributed by atoms with Crippen molar-refractivity contribution in [1.29, 1.82) is 0 Å². The van der Waals surface area contributed by atoms with E-state index in [0.717, 1.165) is 4.31 Å². The Labute approximate surface area is 202 Å². The number of carboxylic acids is 1. The highest BCUT2D eigenvalue weighted by Gasteiger charge is 2.29. The minimum Gasteiger partial charge on any atom is -0.497 e. The first-order chi connectivity index (χ1) is 16.8. The Balaban J connectivity index is 1.92. The molecule has 10 nitrogen and oxygen atoms in total. The van der Waals surface area contributed by atoms with Crippen molar-refractivity contribution in [3.63, 3.8) is 0 Å². The number of carboxylic acid groups (broad SMARTS) is 1. The number of benzene rings is 3. The highest BCUT2D eigenvalue weighted by molar-refractivity contribution is 7.92. The molecule has 0 aromatic heterocycles. The molecule has 0 bridgehead atoms. The van der Waals surface area contributed by atoms with Crippen LogP contribution < -0.4 is 19.2 Å². The molecule has 3 aromatic carbocycles. The van der Waals surface area contributed by atoms with E-state index in [0.29, 0.717) is 5.75 Å². The summed E-state index contributed by atoms with van der Waals surface area (Å²) in [5, 5.41) is 13.1. The van der Waals surface area contributed by atoms with Crippen molar-refractivity contribution in [2.45, 2.75) is 4.90 Å². The molecule has 3 rings (SSSR count). The van der Waals surface area contributed by atoms with Gasteiger partial charge in [-0.05, 0) is 30.3 Å². The summed E-state index contributed by atoms with van der Waals surface area (Å²) in [4.78, 5) is 24.0. The third-order valence-electron chi connectivity index (χ3n) is 4.86. The van der Waals surface area contributed by atoms with E-state index in [4.69, 9.17) is 9.47 Å². The van der Waals surface area contributed by atoms with Crippen LogP contribution in [-0.4, -0.2) is 52.4 Å². The maximum atomic E-state index is 13.5. The molecule has 11 heteroatoms. The van der Waals surface area contributed by atoms with E-state index < -0.39 is 28.4 Å². The lowest BCUT2D eigenvalue weighted by molar-refractivity contribution is -0.119. The van der Waals surface area contributed by atoms with Crippen molar-refractivity contribution >= 4 is 33.8 Å². The quantitative estimate of drug-likeness (QED) is 0.325. The first kappa shape index (κ1) is 25.2. The molecule has 35 heavy (non-hydrogen) atoms. The minimum absolute atomic E-state index is 0.00162. The lowest BCUT2D eigenvalue weighted by Gasteiger charge is -2.25. The molecule has 0 aliphatic heterocycles. The van der Waals surface area contributed by atoms with Crippen molar-refractivity contribution in [3.05, 3.63) is 83.9 Å². The molecule has 0 heterocycles. The van der Waals surface area contributed by atoms with E-state index in [1.807, 2.05) is 0 Å². The number of methoxy groups -OCH3 is 2. The van der Waals surface area contributed by atoms with Crippen molar-refractivity contribution in [2.75, 3.05) is 25.1 Å². The van der Waals surface area contributed by atoms with Gasteiger partial charge in [0.1, 0.15) is 18.0 Å². The van der Waals surface area contributed by atoms with Crippen LogP contribution in [0, 0.1) is 0 Å². The van der Waals surface area contributed by atoms with Gasteiger partial charge in [0.15, 0.2) is 0 Å². The number of nitrogens with one attached hydrogen (secondary N) is 1. The van der Waals surface area contributed by atoms with Crippen molar-refractivity contribution < 1.29 is 32.6 Å². The predicted octanol–water partition coefficient (Wildman–Crippen LogP) is 2.75. The van der Waals surface area contributed by atoms with Crippen LogP contribution in [0.25, 0.3) is 0 Å². The number of carbonyl (C=O) groups is 2. The zero-order valence-electron chi connectivity index (χ0n) is 18.9. The van der Waals surface area contributed by atoms with Crippen LogP contribution in [0.4, 0.5) is 5.69 Å². The van der Waals surface area contributed by atoms with Gasteiger partial charge in [0, 0.05) is 11.6 Å². The van der Waals surface area contributed by atoms with Gasteiger partial charge in [-0.2, -0.15) is 5.10 Å². The fourth-order valence-corrected chi connectivity index (χ4v) is 4.61. The van der Waals surface area contributed by atoms with E-state index in [-0.39, 0.29) is 27.5 Å². The van der Waals surface area contributed by atoms with Gasteiger partial charge in [-0.15, -0.1) is 0 Å². The van der Waals surface area contributed by atoms with Crippen LogP contribution in [0.1, 0.15) is 15.9 Å². The van der Waals surface area contributed by atoms with Gasteiger partial charge in [0.25, 0.3) is 15.9 Å². The van der Waals surface area contributed by atoms with Crippen LogP contribution >= 0.6 is 0 Å². The second kappa shape index (κ2) is 11.2. The number of hydrazone groups is 1. The smallest absolute Gasteiger partial charge is 0.336 e. The summed E-state index contributed by atoms with van der Waals surface area (Å²) < 4.78 is 38.4. The standard InChI is InChI=1S/C24H23N3O7S/c1-33-18-12-13-21(22(14-18)34-2)27(35(31,32)19-9-4-3-5-10-19)16-23(28)26-25-15-17-8-6-7-11-20(17)24(29)30/h3-15H,16H2,1-2H3,(H,26,28)(H,29,30)/b25-15-. The third-order valence-corrected chi connectivity index (χ3v) is 6.63. The molecule has 2 N–H and O–H groups in total. The average molecular weight is 498 g/mol. The second-order valence-electron chi connectivity index (χ2n) is 7.05. The summed E-state index contributed by atoms with van der Waals surface area (Å²) in [6, 6.07) is 18.3.